The highest BCUT2D eigenvalue weighted by molar-refractivity contribution is 5.82. The van der Waals surface area contributed by atoms with Gasteiger partial charge in [-0.05, 0) is 49.2 Å². The molecule has 0 saturated carbocycles. The molecule has 0 spiro atoms. The van der Waals surface area contributed by atoms with Crippen LogP contribution < -0.4 is 0 Å². The fraction of sp³-hybridized carbons (Fsp3) is 0.318. The summed E-state index contributed by atoms with van der Waals surface area (Å²) >= 11 is 0. The van der Waals surface area contributed by atoms with E-state index in [9.17, 15) is 14.0 Å². The minimum absolute atomic E-state index is 0.000983. The van der Waals surface area contributed by atoms with Gasteiger partial charge in [0.1, 0.15) is 11.5 Å². The van der Waals surface area contributed by atoms with Gasteiger partial charge in [0.15, 0.2) is 0 Å². The topological polar surface area (TPSA) is 57.9 Å². The predicted octanol–water partition coefficient (Wildman–Crippen LogP) is 2.60. The summed E-state index contributed by atoms with van der Waals surface area (Å²) in [6, 6.07) is 8.80. The van der Waals surface area contributed by atoms with Crippen molar-refractivity contribution in [3.63, 3.8) is 0 Å². The van der Waals surface area contributed by atoms with Crippen molar-refractivity contribution in [2.45, 2.75) is 20.3 Å². The lowest BCUT2D eigenvalue weighted by atomic mass is 10.1. The van der Waals surface area contributed by atoms with Crippen LogP contribution in [-0.4, -0.2) is 57.7 Å². The zero-order chi connectivity index (χ0) is 20.5. The number of hydrogen-bond acceptors (Lipinski definition) is 3. The number of fused-ring (bicyclic) bond motifs is 1. The number of rotatable bonds is 4. The van der Waals surface area contributed by atoms with E-state index in [1.54, 1.807) is 28.9 Å². The summed E-state index contributed by atoms with van der Waals surface area (Å²) in [4.78, 5) is 32.1. The second-order valence-corrected chi connectivity index (χ2v) is 7.50. The zero-order valence-electron chi connectivity index (χ0n) is 16.6. The van der Waals surface area contributed by atoms with Gasteiger partial charge in [-0.1, -0.05) is 6.07 Å². The Morgan fingerprint density at radius 3 is 2.59 bits per heavy atom. The number of amides is 2. The van der Waals surface area contributed by atoms with Crippen LogP contribution in [0.4, 0.5) is 4.39 Å². The van der Waals surface area contributed by atoms with Crippen molar-refractivity contribution in [1.82, 2.24) is 19.2 Å². The minimum Gasteiger partial charge on any atom is -0.342 e. The van der Waals surface area contributed by atoms with Crippen LogP contribution in [0.1, 0.15) is 16.8 Å². The first-order chi connectivity index (χ1) is 14.0. The summed E-state index contributed by atoms with van der Waals surface area (Å²) in [7, 11) is 0. The number of aryl methyl sites for hydroxylation is 2. The van der Waals surface area contributed by atoms with Gasteiger partial charge in [0.25, 0.3) is 0 Å². The molecule has 2 aromatic heterocycles. The number of halogens is 1. The number of piperazine rings is 1. The first-order valence-corrected chi connectivity index (χ1v) is 9.67. The van der Waals surface area contributed by atoms with Gasteiger partial charge in [0, 0.05) is 37.9 Å². The van der Waals surface area contributed by atoms with Gasteiger partial charge in [0.05, 0.1) is 17.8 Å². The molecule has 4 rings (SSSR count). The summed E-state index contributed by atoms with van der Waals surface area (Å²) in [5.74, 6) is -0.266. The molecule has 6 nitrogen and oxygen atoms in total. The lowest BCUT2D eigenvalue weighted by Gasteiger charge is -2.32. The number of pyridine rings is 1. The van der Waals surface area contributed by atoms with Gasteiger partial charge in [-0.15, -0.1) is 0 Å². The fourth-order valence-corrected chi connectivity index (χ4v) is 3.72. The molecule has 150 valence electrons. The average Bonchev–Trinajstić information content (AvgIpc) is 3.07. The third-order valence-electron chi connectivity index (χ3n) is 5.43. The molecular weight excluding hydrogens is 371 g/mol. The van der Waals surface area contributed by atoms with Crippen LogP contribution in [0, 0.1) is 19.7 Å². The number of benzene rings is 1. The van der Waals surface area contributed by atoms with Crippen LogP contribution in [0.25, 0.3) is 16.9 Å². The monoisotopic (exact) mass is 394 g/mol. The average molecular weight is 394 g/mol. The third kappa shape index (κ3) is 3.72. The quantitative estimate of drug-likeness (QED) is 0.639. The number of carbonyl (C=O) groups excluding carboxylic acids is 2. The number of aromatic nitrogens is 2. The van der Waals surface area contributed by atoms with Crippen molar-refractivity contribution < 1.29 is 14.0 Å². The lowest BCUT2D eigenvalue weighted by Crippen LogP contribution is -2.48. The van der Waals surface area contributed by atoms with Gasteiger partial charge in [-0.25, -0.2) is 9.37 Å². The zero-order valence-corrected chi connectivity index (χ0v) is 16.6. The fourth-order valence-electron chi connectivity index (χ4n) is 3.72. The maximum absolute atomic E-state index is 13.8. The van der Waals surface area contributed by atoms with E-state index in [1.807, 2.05) is 29.7 Å². The van der Waals surface area contributed by atoms with E-state index < -0.39 is 0 Å². The molecule has 1 fully saturated rings. The van der Waals surface area contributed by atoms with E-state index >= 15 is 0 Å². The second-order valence-electron chi connectivity index (χ2n) is 7.50. The van der Waals surface area contributed by atoms with Crippen LogP contribution in [0.3, 0.4) is 0 Å². The second kappa shape index (κ2) is 7.66. The predicted molar refractivity (Wildman–Crippen MR) is 108 cm³/mol. The summed E-state index contributed by atoms with van der Waals surface area (Å²) in [6.45, 7) is 5.86. The van der Waals surface area contributed by atoms with Crippen LogP contribution in [0.2, 0.25) is 0 Å². The molecule has 3 heterocycles. The highest BCUT2D eigenvalue weighted by Gasteiger charge is 2.24. The van der Waals surface area contributed by atoms with E-state index in [0.717, 1.165) is 28.9 Å². The smallest absolute Gasteiger partial charge is 0.228 e. The number of imidazole rings is 1. The van der Waals surface area contributed by atoms with E-state index in [0.29, 0.717) is 37.4 Å². The van der Waals surface area contributed by atoms with Crippen LogP contribution in [0.15, 0.2) is 36.5 Å². The third-order valence-corrected chi connectivity index (χ3v) is 5.43. The molecule has 0 unspecified atom stereocenters. The molecule has 1 aliphatic rings. The van der Waals surface area contributed by atoms with E-state index in [-0.39, 0.29) is 18.1 Å². The van der Waals surface area contributed by atoms with Crippen LogP contribution in [-0.2, 0) is 16.0 Å². The van der Waals surface area contributed by atoms with Gasteiger partial charge >= 0.3 is 0 Å². The Bertz CT molecular complexity index is 1080. The van der Waals surface area contributed by atoms with Gasteiger partial charge < -0.3 is 14.2 Å². The highest BCUT2D eigenvalue weighted by Crippen LogP contribution is 2.27. The molecule has 1 aliphatic heterocycles. The molecule has 0 aliphatic carbocycles. The molecule has 0 radical (unpaired) electrons. The van der Waals surface area contributed by atoms with E-state index in [2.05, 4.69) is 0 Å². The van der Waals surface area contributed by atoms with Gasteiger partial charge in [-0.2, -0.15) is 0 Å². The summed E-state index contributed by atoms with van der Waals surface area (Å²) in [5, 5.41) is 0. The maximum Gasteiger partial charge on any atom is 0.228 e. The molecule has 1 saturated heterocycles. The number of carbonyl (C=O) groups is 2. The van der Waals surface area contributed by atoms with Crippen molar-refractivity contribution >= 4 is 18.0 Å². The molecule has 7 heteroatoms. The molecule has 2 amide bonds. The van der Waals surface area contributed by atoms with Gasteiger partial charge in [-0.3, -0.25) is 9.59 Å². The normalized spacial score (nSPS) is 14.4. The summed E-state index contributed by atoms with van der Waals surface area (Å²) in [6.07, 6.45) is 2.98. The maximum atomic E-state index is 13.8. The Labute approximate surface area is 168 Å². The molecule has 0 bridgehead atoms. The minimum atomic E-state index is -0.265. The Balaban J connectivity index is 1.71. The SMILES string of the molecule is Cc1ccc2nc(-c3ccc(F)c(C)c3)c(CC(=O)N3CCN(C=O)CC3)n2c1. The highest BCUT2D eigenvalue weighted by atomic mass is 19.1. The van der Waals surface area contributed by atoms with Crippen LogP contribution >= 0.6 is 0 Å². The lowest BCUT2D eigenvalue weighted by molar-refractivity contribution is -0.134. The van der Waals surface area contributed by atoms with Crippen molar-refractivity contribution in [3.05, 3.63) is 59.2 Å². The number of hydrogen-bond donors (Lipinski definition) is 0. The molecule has 29 heavy (non-hydrogen) atoms. The summed E-state index contributed by atoms with van der Waals surface area (Å²) < 4.78 is 15.7. The van der Waals surface area contributed by atoms with Crippen molar-refractivity contribution in [2.24, 2.45) is 0 Å². The Hall–Kier alpha value is -3.22. The molecule has 3 aromatic rings. The first kappa shape index (κ1) is 19.1. The Morgan fingerprint density at radius 2 is 1.90 bits per heavy atom. The Morgan fingerprint density at radius 1 is 1.14 bits per heavy atom. The van der Waals surface area contributed by atoms with Crippen molar-refractivity contribution in [2.75, 3.05) is 26.2 Å². The van der Waals surface area contributed by atoms with Crippen molar-refractivity contribution in [1.29, 1.82) is 0 Å². The number of nitrogens with zero attached hydrogens (tertiary/aromatic N) is 4. The molecule has 1 aromatic carbocycles. The molecule has 0 N–H and O–H groups in total. The standard InChI is InChI=1S/C22H23FN4O2/c1-15-3-6-20-24-22(17-4-5-18(23)16(2)11-17)19(27(20)13-15)12-21(29)26-9-7-25(14-28)8-10-26/h3-6,11,13-14H,7-10,12H2,1-2H3. The van der Waals surface area contributed by atoms with E-state index in [4.69, 9.17) is 4.98 Å². The first-order valence-electron chi connectivity index (χ1n) is 9.67. The summed E-state index contributed by atoms with van der Waals surface area (Å²) in [5.41, 5.74) is 4.62. The van der Waals surface area contributed by atoms with Crippen molar-refractivity contribution in [3.8, 4) is 11.3 Å². The molecule has 0 atom stereocenters. The molecular formula is C22H23FN4O2. The Kier molecular flexibility index (Phi) is 5.05. The van der Waals surface area contributed by atoms with Crippen LogP contribution in [0.5, 0.6) is 0 Å². The van der Waals surface area contributed by atoms with Gasteiger partial charge in [0.2, 0.25) is 12.3 Å². The largest absolute Gasteiger partial charge is 0.342 e. The van der Waals surface area contributed by atoms with E-state index in [1.165, 1.54) is 6.07 Å².